The van der Waals surface area contributed by atoms with Crippen molar-refractivity contribution < 1.29 is 9.47 Å². The molecule has 1 N–H and O–H groups in total. The third-order valence-corrected chi connectivity index (χ3v) is 2.26. The van der Waals surface area contributed by atoms with E-state index >= 15 is 0 Å². The number of ether oxygens (including phenoxy) is 2. The molecular formula is C14H23NO2. The Morgan fingerprint density at radius 3 is 2.29 bits per heavy atom. The largest absolute Gasteiger partial charge is 0.468 e. The number of nitrogens with one attached hydrogen (secondary N) is 1. The highest BCUT2D eigenvalue weighted by atomic mass is 16.7. The van der Waals surface area contributed by atoms with Crippen LogP contribution in [0.4, 0.5) is 0 Å². The maximum Gasteiger partial charge on any atom is 0.189 e. The van der Waals surface area contributed by atoms with Gasteiger partial charge in [0.15, 0.2) is 6.79 Å². The van der Waals surface area contributed by atoms with Crippen LogP contribution in [0.5, 0.6) is 5.75 Å². The van der Waals surface area contributed by atoms with Crippen LogP contribution >= 0.6 is 0 Å². The molecule has 0 unspecified atom stereocenters. The molecular weight excluding hydrogens is 214 g/mol. The average Bonchev–Trinajstić information content (AvgIpc) is 2.27. The van der Waals surface area contributed by atoms with Crippen molar-refractivity contribution in [2.24, 2.45) is 0 Å². The molecule has 0 radical (unpaired) electrons. The van der Waals surface area contributed by atoms with E-state index in [0.29, 0.717) is 13.4 Å². The fourth-order valence-corrected chi connectivity index (χ4v) is 1.26. The maximum absolute atomic E-state index is 5.40. The molecule has 0 bridgehead atoms. The lowest BCUT2D eigenvalue weighted by molar-refractivity contribution is 0.0224. The third kappa shape index (κ3) is 6.29. The molecule has 96 valence electrons. The van der Waals surface area contributed by atoms with Crippen LogP contribution in [0.1, 0.15) is 33.3 Å². The van der Waals surface area contributed by atoms with E-state index in [9.17, 15) is 0 Å². The summed E-state index contributed by atoms with van der Waals surface area (Å²) >= 11 is 0. The number of benzene rings is 1. The molecule has 0 heterocycles. The number of hydrogen-bond donors (Lipinski definition) is 1. The highest BCUT2D eigenvalue weighted by molar-refractivity contribution is 5.27. The predicted octanol–water partition coefficient (Wildman–Crippen LogP) is 2.95. The van der Waals surface area contributed by atoms with Crippen LogP contribution in [0.25, 0.3) is 0 Å². The monoisotopic (exact) mass is 237 g/mol. The summed E-state index contributed by atoms with van der Waals surface area (Å²) in [6.45, 7) is 10.3. The third-order valence-electron chi connectivity index (χ3n) is 2.26. The molecule has 3 nitrogen and oxygen atoms in total. The molecule has 0 aliphatic heterocycles. The van der Waals surface area contributed by atoms with Gasteiger partial charge in [0, 0.05) is 18.7 Å². The van der Waals surface area contributed by atoms with Crippen molar-refractivity contribution >= 4 is 0 Å². The lowest BCUT2D eigenvalue weighted by Gasteiger charge is -2.20. The van der Waals surface area contributed by atoms with Gasteiger partial charge in [-0.2, -0.15) is 0 Å². The molecule has 0 spiro atoms. The zero-order valence-electron chi connectivity index (χ0n) is 11.2. The molecule has 1 aromatic rings. The van der Waals surface area contributed by atoms with Gasteiger partial charge in [0.05, 0.1) is 0 Å². The molecule has 0 aliphatic carbocycles. The van der Waals surface area contributed by atoms with Gasteiger partial charge in [-0.1, -0.05) is 12.1 Å². The Labute approximate surface area is 104 Å². The van der Waals surface area contributed by atoms with Crippen molar-refractivity contribution in [3.05, 3.63) is 29.8 Å². The first-order valence-electron chi connectivity index (χ1n) is 6.06. The standard InChI is InChI=1S/C14H23NO2/c1-5-16-11-17-13-8-6-12(7-9-13)10-15-14(2,3)4/h6-9,15H,5,10-11H2,1-4H3. The van der Waals surface area contributed by atoms with E-state index in [2.05, 4.69) is 38.2 Å². The number of hydrogen-bond acceptors (Lipinski definition) is 3. The summed E-state index contributed by atoms with van der Waals surface area (Å²) in [6.07, 6.45) is 0. The van der Waals surface area contributed by atoms with Crippen LogP contribution in [0, 0.1) is 0 Å². The molecule has 1 aromatic carbocycles. The molecule has 0 aromatic heterocycles. The van der Waals surface area contributed by atoms with Crippen LogP contribution < -0.4 is 10.1 Å². The van der Waals surface area contributed by atoms with E-state index in [-0.39, 0.29) is 5.54 Å². The van der Waals surface area contributed by atoms with Crippen molar-refractivity contribution in [3.8, 4) is 5.75 Å². The summed E-state index contributed by atoms with van der Waals surface area (Å²) in [5, 5.41) is 3.44. The SMILES string of the molecule is CCOCOc1ccc(CNC(C)(C)C)cc1. The minimum absolute atomic E-state index is 0.143. The van der Waals surface area contributed by atoms with Crippen LogP contribution in [-0.2, 0) is 11.3 Å². The van der Waals surface area contributed by atoms with Gasteiger partial charge in [0.25, 0.3) is 0 Å². The van der Waals surface area contributed by atoms with Gasteiger partial charge < -0.3 is 14.8 Å². The van der Waals surface area contributed by atoms with E-state index in [0.717, 1.165) is 12.3 Å². The molecule has 0 amide bonds. The molecule has 1 rings (SSSR count). The summed E-state index contributed by atoms with van der Waals surface area (Å²) in [4.78, 5) is 0. The van der Waals surface area contributed by atoms with Gasteiger partial charge in [-0.3, -0.25) is 0 Å². The second kappa shape index (κ2) is 6.62. The van der Waals surface area contributed by atoms with E-state index < -0.39 is 0 Å². The maximum atomic E-state index is 5.40. The fraction of sp³-hybridized carbons (Fsp3) is 0.571. The van der Waals surface area contributed by atoms with E-state index in [1.807, 2.05) is 19.1 Å². The van der Waals surface area contributed by atoms with Crippen molar-refractivity contribution in [1.29, 1.82) is 0 Å². The molecule has 0 saturated carbocycles. The van der Waals surface area contributed by atoms with Gasteiger partial charge >= 0.3 is 0 Å². The Hall–Kier alpha value is -1.06. The smallest absolute Gasteiger partial charge is 0.189 e. The van der Waals surface area contributed by atoms with Gasteiger partial charge in [0.2, 0.25) is 0 Å². The normalized spacial score (nSPS) is 11.5. The Balaban J connectivity index is 2.39. The van der Waals surface area contributed by atoms with E-state index in [1.54, 1.807) is 0 Å². The van der Waals surface area contributed by atoms with Crippen LogP contribution in [0.2, 0.25) is 0 Å². The lowest BCUT2D eigenvalue weighted by Crippen LogP contribution is -2.35. The Kier molecular flexibility index (Phi) is 5.45. The summed E-state index contributed by atoms with van der Waals surface area (Å²) in [6, 6.07) is 8.08. The Morgan fingerprint density at radius 1 is 1.12 bits per heavy atom. The van der Waals surface area contributed by atoms with Gasteiger partial charge in [-0.25, -0.2) is 0 Å². The summed E-state index contributed by atoms with van der Waals surface area (Å²) in [5.41, 5.74) is 1.40. The minimum atomic E-state index is 0.143. The first-order chi connectivity index (χ1) is 8.01. The first-order valence-corrected chi connectivity index (χ1v) is 6.06. The lowest BCUT2D eigenvalue weighted by atomic mass is 10.1. The van der Waals surface area contributed by atoms with Gasteiger partial charge in [0.1, 0.15) is 5.75 Å². The first kappa shape index (κ1) is 14.0. The van der Waals surface area contributed by atoms with Crippen LogP contribution in [0.15, 0.2) is 24.3 Å². The summed E-state index contributed by atoms with van der Waals surface area (Å²) < 4.78 is 10.5. The highest BCUT2D eigenvalue weighted by Gasteiger charge is 2.07. The zero-order valence-corrected chi connectivity index (χ0v) is 11.2. The second-order valence-electron chi connectivity index (χ2n) is 5.00. The Bertz CT molecular complexity index is 314. The van der Waals surface area contributed by atoms with Crippen molar-refractivity contribution in [1.82, 2.24) is 5.32 Å². The number of rotatable bonds is 6. The highest BCUT2D eigenvalue weighted by Crippen LogP contribution is 2.13. The van der Waals surface area contributed by atoms with Crippen molar-refractivity contribution in [3.63, 3.8) is 0 Å². The quantitative estimate of drug-likeness (QED) is 0.609. The van der Waals surface area contributed by atoms with Crippen molar-refractivity contribution in [2.75, 3.05) is 13.4 Å². The summed E-state index contributed by atoms with van der Waals surface area (Å²) in [5.74, 6) is 0.845. The second-order valence-corrected chi connectivity index (χ2v) is 5.00. The molecule has 0 saturated heterocycles. The van der Waals surface area contributed by atoms with E-state index in [1.165, 1.54) is 5.56 Å². The molecule has 3 heteroatoms. The zero-order chi connectivity index (χ0) is 12.7. The predicted molar refractivity (Wildman–Crippen MR) is 70.2 cm³/mol. The van der Waals surface area contributed by atoms with Crippen LogP contribution in [-0.4, -0.2) is 18.9 Å². The summed E-state index contributed by atoms with van der Waals surface area (Å²) in [7, 11) is 0. The van der Waals surface area contributed by atoms with E-state index in [4.69, 9.17) is 9.47 Å². The molecule has 0 aliphatic rings. The topological polar surface area (TPSA) is 30.5 Å². The van der Waals surface area contributed by atoms with Gasteiger partial charge in [-0.05, 0) is 45.4 Å². The van der Waals surface area contributed by atoms with Crippen molar-refractivity contribution in [2.45, 2.75) is 39.8 Å². The molecule has 0 fully saturated rings. The molecule has 17 heavy (non-hydrogen) atoms. The molecule has 0 atom stereocenters. The fourth-order valence-electron chi connectivity index (χ4n) is 1.26. The average molecular weight is 237 g/mol. The van der Waals surface area contributed by atoms with Crippen LogP contribution in [0.3, 0.4) is 0 Å². The Morgan fingerprint density at radius 2 is 1.76 bits per heavy atom. The van der Waals surface area contributed by atoms with Gasteiger partial charge in [-0.15, -0.1) is 0 Å². The minimum Gasteiger partial charge on any atom is -0.468 e.